The monoisotopic (exact) mass is 258 g/mol. The highest BCUT2D eigenvalue weighted by atomic mass is 19.3. The van der Waals surface area contributed by atoms with Gasteiger partial charge in [-0.25, -0.2) is 8.78 Å². The molecule has 1 saturated heterocycles. The standard InChI is InChI=1S/C10H14F2N4.C2H6/c11-10(12)7-13-5-3-8(10)6-14-9-2-1-4-15-16-9;1-2/h1-2,4,8,13H,3,5-7H2,(H,14,16);1-2H3. The Bertz CT molecular complexity index is 332. The first kappa shape index (κ1) is 14.8. The maximum Gasteiger partial charge on any atom is 0.264 e. The molecule has 0 aliphatic carbocycles. The summed E-state index contributed by atoms with van der Waals surface area (Å²) in [6, 6.07) is 3.43. The van der Waals surface area contributed by atoms with E-state index in [1.54, 1.807) is 18.3 Å². The van der Waals surface area contributed by atoms with Crippen LogP contribution in [0.15, 0.2) is 18.3 Å². The van der Waals surface area contributed by atoms with Crippen molar-refractivity contribution in [3.05, 3.63) is 18.3 Å². The van der Waals surface area contributed by atoms with Gasteiger partial charge in [0, 0.05) is 18.7 Å². The third-order valence-corrected chi connectivity index (χ3v) is 2.73. The number of hydrogen-bond donors (Lipinski definition) is 2. The summed E-state index contributed by atoms with van der Waals surface area (Å²) in [5.74, 6) is -2.75. The molecule has 0 spiro atoms. The lowest BCUT2D eigenvalue weighted by molar-refractivity contribution is -0.0678. The van der Waals surface area contributed by atoms with E-state index in [1.165, 1.54) is 0 Å². The Morgan fingerprint density at radius 3 is 2.89 bits per heavy atom. The predicted octanol–water partition coefficient (Wildman–Crippen LogP) is 2.16. The number of aromatic nitrogens is 2. The first-order valence-electron chi connectivity index (χ1n) is 6.28. The Kier molecular flexibility index (Phi) is 5.91. The van der Waals surface area contributed by atoms with Crippen LogP contribution in [0.5, 0.6) is 0 Å². The number of rotatable bonds is 3. The second kappa shape index (κ2) is 7.20. The molecule has 6 heteroatoms. The fraction of sp³-hybridized carbons (Fsp3) is 0.667. The van der Waals surface area contributed by atoms with Crippen molar-refractivity contribution in [2.24, 2.45) is 5.92 Å². The highest BCUT2D eigenvalue weighted by Crippen LogP contribution is 2.29. The van der Waals surface area contributed by atoms with Crippen LogP contribution in [0.25, 0.3) is 0 Å². The highest BCUT2D eigenvalue weighted by Gasteiger charge is 2.41. The van der Waals surface area contributed by atoms with Crippen molar-refractivity contribution in [2.75, 3.05) is 25.0 Å². The summed E-state index contributed by atoms with van der Waals surface area (Å²) in [4.78, 5) is 0. The van der Waals surface area contributed by atoms with Crippen molar-refractivity contribution in [3.63, 3.8) is 0 Å². The van der Waals surface area contributed by atoms with E-state index in [1.807, 2.05) is 13.8 Å². The lowest BCUT2D eigenvalue weighted by Crippen LogP contribution is -2.48. The van der Waals surface area contributed by atoms with Crippen LogP contribution < -0.4 is 10.6 Å². The summed E-state index contributed by atoms with van der Waals surface area (Å²) in [6.45, 7) is 4.63. The first-order valence-corrected chi connectivity index (χ1v) is 6.28. The van der Waals surface area contributed by atoms with Crippen molar-refractivity contribution in [3.8, 4) is 0 Å². The molecule has 0 radical (unpaired) electrons. The molecule has 0 aromatic carbocycles. The number of hydrogen-bond acceptors (Lipinski definition) is 4. The van der Waals surface area contributed by atoms with Crippen LogP contribution in [0.4, 0.5) is 14.6 Å². The number of halogens is 2. The smallest absolute Gasteiger partial charge is 0.264 e. The predicted molar refractivity (Wildman–Crippen MR) is 67.8 cm³/mol. The number of nitrogens with one attached hydrogen (secondary N) is 2. The van der Waals surface area contributed by atoms with Gasteiger partial charge < -0.3 is 10.6 Å². The lowest BCUT2D eigenvalue weighted by Gasteiger charge is -2.31. The van der Waals surface area contributed by atoms with E-state index >= 15 is 0 Å². The van der Waals surface area contributed by atoms with Crippen LogP contribution >= 0.6 is 0 Å². The van der Waals surface area contributed by atoms with Crippen molar-refractivity contribution >= 4 is 5.82 Å². The Balaban J connectivity index is 0.000000771. The molecule has 1 unspecified atom stereocenters. The summed E-state index contributed by atoms with van der Waals surface area (Å²) in [6.07, 6.45) is 2.02. The van der Waals surface area contributed by atoms with Crippen LogP contribution in [0.1, 0.15) is 20.3 Å². The van der Waals surface area contributed by atoms with E-state index in [0.717, 1.165) is 0 Å². The van der Waals surface area contributed by atoms with Gasteiger partial charge in [-0.3, -0.25) is 0 Å². The van der Waals surface area contributed by atoms with E-state index in [9.17, 15) is 8.78 Å². The fourth-order valence-electron chi connectivity index (χ4n) is 1.76. The minimum absolute atomic E-state index is 0.230. The van der Waals surface area contributed by atoms with Gasteiger partial charge in [-0.1, -0.05) is 13.8 Å². The van der Waals surface area contributed by atoms with Gasteiger partial charge >= 0.3 is 0 Å². The zero-order valence-corrected chi connectivity index (χ0v) is 10.8. The summed E-state index contributed by atoms with van der Waals surface area (Å²) in [5, 5.41) is 13.0. The summed E-state index contributed by atoms with van der Waals surface area (Å²) in [7, 11) is 0. The molecule has 2 heterocycles. The first-order chi connectivity index (χ1) is 8.68. The topological polar surface area (TPSA) is 49.8 Å². The van der Waals surface area contributed by atoms with E-state index < -0.39 is 11.8 Å². The molecule has 18 heavy (non-hydrogen) atoms. The van der Waals surface area contributed by atoms with Crippen LogP contribution in [-0.2, 0) is 0 Å². The average molecular weight is 258 g/mol. The number of piperidine rings is 1. The molecule has 1 aliphatic rings. The normalized spacial score (nSPS) is 21.7. The van der Waals surface area contributed by atoms with E-state index in [0.29, 0.717) is 18.8 Å². The molecule has 0 amide bonds. The summed E-state index contributed by atoms with van der Waals surface area (Å²) in [5.41, 5.74) is 0. The SMILES string of the molecule is CC.FC1(F)CNCCC1CNc1cccnn1. The molecular weight excluding hydrogens is 238 g/mol. The molecule has 1 fully saturated rings. The van der Waals surface area contributed by atoms with Gasteiger partial charge in [0.1, 0.15) is 5.82 Å². The zero-order valence-electron chi connectivity index (χ0n) is 10.8. The maximum absolute atomic E-state index is 13.4. The second-order valence-corrected chi connectivity index (χ2v) is 3.91. The Morgan fingerprint density at radius 1 is 1.50 bits per heavy atom. The van der Waals surface area contributed by atoms with E-state index in [4.69, 9.17) is 0 Å². The van der Waals surface area contributed by atoms with Gasteiger partial charge in [-0.2, -0.15) is 5.10 Å². The van der Waals surface area contributed by atoms with Gasteiger partial charge in [-0.15, -0.1) is 5.10 Å². The van der Waals surface area contributed by atoms with E-state index in [2.05, 4.69) is 20.8 Å². The second-order valence-electron chi connectivity index (χ2n) is 3.91. The van der Waals surface area contributed by atoms with Crippen molar-refractivity contribution < 1.29 is 8.78 Å². The molecule has 1 aromatic rings. The molecule has 102 valence electrons. The van der Waals surface area contributed by atoms with Crippen molar-refractivity contribution in [1.29, 1.82) is 0 Å². The van der Waals surface area contributed by atoms with Gasteiger partial charge in [-0.05, 0) is 25.1 Å². The van der Waals surface area contributed by atoms with Gasteiger partial charge in [0.05, 0.1) is 6.54 Å². The van der Waals surface area contributed by atoms with Crippen LogP contribution in [-0.4, -0.2) is 35.8 Å². The quantitative estimate of drug-likeness (QED) is 0.872. The molecule has 1 aliphatic heterocycles. The van der Waals surface area contributed by atoms with Crippen LogP contribution in [0, 0.1) is 5.92 Å². The average Bonchev–Trinajstić information content (AvgIpc) is 2.40. The van der Waals surface area contributed by atoms with Gasteiger partial charge in [0.25, 0.3) is 5.92 Å². The number of anilines is 1. The molecule has 1 aromatic heterocycles. The van der Waals surface area contributed by atoms with Crippen LogP contribution in [0.3, 0.4) is 0 Å². The van der Waals surface area contributed by atoms with Crippen molar-refractivity contribution in [1.82, 2.24) is 15.5 Å². The highest BCUT2D eigenvalue weighted by molar-refractivity contribution is 5.31. The maximum atomic E-state index is 13.4. The molecule has 0 saturated carbocycles. The van der Waals surface area contributed by atoms with Gasteiger partial charge in [0.2, 0.25) is 0 Å². The third-order valence-electron chi connectivity index (χ3n) is 2.73. The molecule has 1 atom stereocenters. The molecule has 4 nitrogen and oxygen atoms in total. The molecule has 0 bridgehead atoms. The third kappa shape index (κ3) is 4.18. The zero-order chi connectivity index (χ0) is 13.4. The minimum Gasteiger partial charge on any atom is -0.368 e. The lowest BCUT2D eigenvalue weighted by atomic mass is 9.94. The summed E-state index contributed by atoms with van der Waals surface area (Å²) < 4.78 is 26.9. The van der Waals surface area contributed by atoms with Crippen molar-refractivity contribution in [2.45, 2.75) is 26.2 Å². The number of nitrogens with zero attached hydrogens (tertiary/aromatic N) is 2. The molecule has 2 N–H and O–H groups in total. The Labute approximate surface area is 106 Å². The van der Waals surface area contributed by atoms with Gasteiger partial charge in [0.15, 0.2) is 0 Å². The van der Waals surface area contributed by atoms with Crippen LogP contribution in [0.2, 0.25) is 0 Å². The molecule has 2 rings (SSSR count). The Morgan fingerprint density at radius 2 is 2.28 bits per heavy atom. The summed E-state index contributed by atoms with van der Waals surface area (Å²) >= 11 is 0. The largest absolute Gasteiger partial charge is 0.368 e. The molecular formula is C12H20F2N4. The Hall–Kier alpha value is -1.30. The van der Waals surface area contributed by atoms with E-state index in [-0.39, 0.29) is 13.1 Å². The minimum atomic E-state index is -2.65. The number of alkyl halides is 2. The fourth-order valence-corrected chi connectivity index (χ4v) is 1.76.